The van der Waals surface area contributed by atoms with Gasteiger partial charge in [-0.25, -0.2) is 4.79 Å². The Morgan fingerprint density at radius 1 is 1.16 bits per heavy atom. The molecule has 0 unspecified atom stereocenters. The third-order valence-corrected chi connectivity index (χ3v) is 5.62. The van der Waals surface area contributed by atoms with Crippen LogP contribution in [0.1, 0.15) is 33.3 Å². The SMILES string of the molecule is CC(C)CN(C(=O)CN(C)Cc1cccc(Cl)c1Cl)c1c(N)n(CC(C)C)c(=O)[nH]c1=O. The van der Waals surface area contributed by atoms with Crippen LogP contribution in [-0.2, 0) is 17.9 Å². The lowest BCUT2D eigenvalue weighted by atomic mass is 10.2. The van der Waals surface area contributed by atoms with E-state index in [1.165, 1.54) is 9.47 Å². The molecule has 3 N–H and O–H groups in total. The van der Waals surface area contributed by atoms with Crippen LogP contribution in [0.4, 0.5) is 11.5 Å². The highest BCUT2D eigenvalue weighted by Gasteiger charge is 2.26. The molecule has 8 nitrogen and oxygen atoms in total. The number of nitrogens with two attached hydrogens (primary N) is 1. The van der Waals surface area contributed by atoms with Gasteiger partial charge in [0.2, 0.25) is 5.91 Å². The van der Waals surface area contributed by atoms with Crippen molar-refractivity contribution < 1.29 is 4.79 Å². The van der Waals surface area contributed by atoms with Crippen LogP contribution in [0, 0.1) is 11.8 Å². The monoisotopic (exact) mass is 483 g/mol. The highest BCUT2D eigenvalue weighted by atomic mass is 35.5. The van der Waals surface area contributed by atoms with Gasteiger partial charge in [-0.15, -0.1) is 0 Å². The maximum atomic E-state index is 13.3. The number of hydrogen-bond donors (Lipinski definition) is 2. The molecule has 0 radical (unpaired) electrons. The Morgan fingerprint density at radius 3 is 2.41 bits per heavy atom. The van der Waals surface area contributed by atoms with Crippen molar-refractivity contribution in [1.29, 1.82) is 0 Å². The molecule has 0 saturated carbocycles. The number of H-pyrrole nitrogens is 1. The number of rotatable bonds is 9. The van der Waals surface area contributed by atoms with Crippen molar-refractivity contribution in [3.63, 3.8) is 0 Å². The van der Waals surface area contributed by atoms with Gasteiger partial charge in [0.25, 0.3) is 5.56 Å². The van der Waals surface area contributed by atoms with Gasteiger partial charge < -0.3 is 10.6 Å². The number of amides is 1. The van der Waals surface area contributed by atoms with E-state index in [1.54, 1.807) is 24.1 Å². The van der Waals surface area contributed by atoms with Crippen LogP contribution in [0.5, 0.6) is 0 Å². The van der Waals surface area contributed by atoms with Crippen molar-refractivity contribution in [2.45, 2.75) is 40.8 Å². The first-order valence-corrected chi connectivity index (χ1v) is 11.2. The maximum Gasteiger partial charge on any atom is 0.330 e. The number of aromatic amines is 1. The molecule has 176 valence electrons. The van der Waals surface area contributed by atoms with Crippen molar-refractivity contribution in [2.75, 3.05) is 30.8 Å². The van der Waals surface area contributed by atoms with Gasteiger partial charge in [-0.05, 0) is 30.5 Å². The van der Waals surface area contributed by atoms with E-state index in [-0.39, 0.29) is 42.3 Å². The minimum absolute atomic E-state index is 0.00172. The Hall–Kier alpha value is -2.29. The molecular weight excluding hydrogens is 453 g/mol. The number of aromatic nitrogens is 2. The zero-order chi connectivity index (χ0) is 24.2. The highest BCUT2D eigenvalue weighted by molar-refractivity contribution is 6.42. The van der Waals surface area contributed by atoms with Crippen LogP contribution in [-0.4, -0.2) is 40.5 Å². The zero-order valence-corrected chi connectivity index (χ0v) is 20.6. The van der Waals surface area contributed by atoms with Gasteiger partial charge in [0.1, 0.15) is 5.82 Å². The molecule has 0 saturated heterocycles. The number of nitrogens with one attached hydrogen (secondary N) is 1. The number of nitrogens with zero attached hydrogens (tertiary/aromatic N) is 3. The molecule has 0 aliphatic rings. The quantitative estimate of drug-likeness (QED) is 0.569. The molecule has 0 aliphatic carbocycles. The number of carbonyl (C=O) groups is 1. The van der Waals surface area contributed by atoms with Crippen LogP contribution < -0.4 is 21.9 Å². The molecule has 0 fully saturated rings. The minimum atomic E-state index is -0.679. The number of likely N-dealkylation sites (N-methyl/N-ethyl adjacent to an activating group) is 1. The summed E-state index contributed by atoms with van der Waals surface area (Å²) in [5.74, 6) is -0.138. The molecule has 2 rings (SSSR count). The third kappa shape index (κ3) is 6.37. The second-order valence-corrected chi connectivity index (χ2v) is 9.57. The number of benzene rings is 1. The summed E-state index contributed by atoms with van der Waals surface area (Å²) in [6.07, 6.45) is 0. The highest BCUT2D eigenvalue weighted by Crippen LogP contribution is 2.26. The molecule has 0 bridgehead atoms. The molecule has 2 aromatic rings. The first kappa shape index (κ1) is 26.0. The van der Waals surface area contributed by atoms with Crippen molar-refractivity contribution in [2.24, 2.45) is 11.8 Å². The molecule has 1 amide bonds. The third-order valence-electron chi connectivity index (χ3n) is 4.76. The summed E-state index contributed by atoms with van der Waals surface area (Å²) < 4.78 is 1.30. The van der Waals surface area contributed by atoms with Gasteiger partial charge in [0.15, 0.2) is 5.69 Å². The van der Waals surface area contributed by atoms with E-state index in [2.05, 4.69) is 4.98 Å². The number of anilines is 2. The van der Waals surface area contributed by atoms with Crippen LogP contribution in [0.3, 0.4) is 0 Å². The molecule has 1 aromatic carbocycles. The lowest BCUT2D eigenvalue weighted by Crippen LogP contribution is -2.46. The average Bonchev–Trinajstić information content (AvgIpc) is 2.67. The molecule has 1 heterocycles. The van der Waals surface area contributed by atoms with Crippen LogP contribution in [0.15, 0.2) is 27.8 Å². The minimum Gasteiger partial charge on any atom is -0.383 e. The van der Waals surface area contributed by atoms with E-state index in [9.17, 15) is 14.4 Å². The maximum absolute atomic E-state index is 13.3. The largest absolute Gasteiger partial charge is 0.383 e. The molecule has 1 aromatic heterocycles. The van der Waals surface area contributed by atoms with E-state index in [0.29, 0.717) is 23.1 Å². The van der Waals surface area contributed by atoms with E-state index >= 15 is 0 Å². The first-order valence-electron chi connectivity index (χ1n) is 10.5. The van der Waals surface area contributed by atoms with Crippen molar-refractivity contribution >= 4 is 40.6 Å². The van der Waals surface area contributed by atoms with E-state index in [1.807, 2.05) is 33.8 Å². The number of hydrogen-bond acceptors (Lipinski definition) is 5. The topological polar surface area (TPSA) is 104 Å². The van der Waals surface area contributed by atoms with Gasteiger partial charge in [-0.1, -0.05) is 63.0 Å². The molecule has 32 heavy (non-hydrogen) atoms. The van der Waals surface area contributed by atoms with Gasteiger partial charge in [0.05, 0.1) is 16.6 Å². The summed E-state index contributed by atoms with van der Waals surface area (Å²) in [4.78, 5) is 43.7. The molecule has 0 aliphatic heterocycles. The molecule has 10 heteroatoms. The predicted molar refractivity (Wildman–Crippen MR) is 131 cm³/mol. The average molecular weight is 484 g/mol. The van der Waals surface area contributed by atoms with Crippen LogP contribution in [0.2, 0.25) is 10.0 Å². The van der Waals surface area contributed by atoms with Crippen molar-refractivity contribution in [3.8, 4) is 0 Å². The van der Waals surface area contributed by atoms with Gasteiger partial charge >= 0.3 is 5.69 Å². The smallest absolute Gasteiger partial charge is 0.330 e. The Kier molecular flexibility index (Phi) is 8.95. The van der Waals surface area contributed by atoms with Crippen LogP contribution in [0.25, 0.3) is 0 Å². The lowest BCUT2D eigenvalue weighted by Gasteiger charge is -2.28. The Labute approximate surface area is 197 Å². The summed E-state index contributed by atoms with van der Waals surface area (Å²) in [6.45, 7) is 8.74. The number of carbonyl (C=O) groups excluding carboxylic acids is 1. The van der Waals surface area contributed by atoms with Gasteiger partial charge in [-0.2, -0.15) is 0 Å². The Balaban J connectivity index is 2.37. The number of halogens is 2. The fraction of sp³-hybridized carbons (Fsp3) is 0.500. The summed E-state index contributed by atoms with van der Waals surface area (Å²) in [5.41, 5.74) is 5.76. The predicted octanol–water partition coefficient (Wildman–Crippen LogP) is 3.20. The van der Waals surface area contributed by atoms with E-state index in [4.69, 9.17) is 28.9 Å². The first-order chi connectivity index (χ1) is 14.9. The summed E-state index contributed by atoms with van der Waals surface area (Å²) >= 11 is 12.4. The van der Waals surface area contributed by atoms with Crippen LogP contribution >= 0.6 is 23.2 Å². The molecule has 0 atom stereocenters. The lowest BCUT2D eigenvalue weighted by molar-refractivity contribution is -0.119. The Bertz CT molecular complexity index is 1080. The second-order valence-electron chi connectivity index (χ2n) is 8.78. The second kappa shape index (κ2) is 11.0. The molecular formula is C22H31Cl2N5O3. The number of nitrogen functional groups attached to an aromatic ring is 1. The Morgan fingerprint density at radius 2 is 1.81 bits per heavy atom. The summed E-state index contributed by atoms with van der Waals surface area (Å²) in [7, 11) is 1.77. The zero-order valence-electron chi connectivity index (χ0n) is 19.1. The van der Waals surface area contributed by atoms with Gasteiger partial charge in [0, 0.05) is 19.6 Å². The molecule has 0 spiro atoms. The van der Waals surface area contributed by atoms with Gasteiger partial charge in [-0.3, -0.25) is 24.0 Å². The van der Waals surface area contributed by atoms with Crippen molar-refractivity contribution in [1.82, 2.24) is 14.5 Å². The van der Waals surface area contributed by atoms with E-state index in [0.717, 1.165) is 5.56 Å². The van der Waals surface area contributed by atoms with Crippen molar-refractivity contribution in [3.05, 3.63) is 54.6 Å². The standard InChI is InChI=1S/C22H31Cl2N5O3/c1-13(2)9-28(19-20(25)29(10-14(3)4)22(32)26-21(19)31)17(30)12-27(5)11-15-7-6-8-16(23)18(15)24/h6-8,13-14H,9-12,25H2,1-5H3,(H,26,31,32). The fourth-order valence-corrected chi connectivity index (χ4v) is 3.78. The normalized spacial score (nSPS) is 11.6. The fourth-order valence-electron chi connectivity index (χ4n) is 3.40. The summed E-state index contributed by atoms with van der Waals surface area (Å²) in [5, 5.41) is 0.881. The van der Waals surface area contributed by atoms with E-state index < -0.39 is 11.2 Å². The summed E-state index contributed by atoms with van der Waals surface area (Å²) in [6, 6.07) is 5.33.